The summed E-state index contributed by atoms with van der Waals surface area (Å²) in [5.41, 5.74) is 2.34. The van der Waals surface area contributed by atoms with Crippen LogP contribution in [0.3, 0.4) is 0 Å². The molecule has 41 heavy (non-hydrogen) atoms. The number of carbonyl (C=O) groups is 2. The predicted octanol–water partition coefficient (Wildman–Crippen LogP) is 5.40. The van der Waals surface area contributed by atoms with Crippen molar-refractivity contribution < 1.29 is 18.4 Å². The molecule has 0 radical (unpaired) electrons. The zero-order valence-corrected chi connectivity index (χ0v) is 22.4. The Bertz CT molecular complexity index is 1560. The predicted molar refractivity (Wildman–Crippen MR) is 151 cm³/mol. The number of carbonyl (C=O) groups excluding carboxylic acids is 2. The molecule has 0 aliphatic heterocycles. The molecule has 0 spiro atoms. The highest BCUT2D eigenvalue weighted by molar-refractivity contribution is 6.03. The summed E-state index contributed by atoms with van der Waals surface area (Å²) in [4.78, 5) is 33.8. The van der Waals surface area contributed by atoms with E-state index in [9.17, 15) is 18.4 Å². The monoisotopic (exact) mass is 559 g/mol. The smallest absolute Gasteiger partial charge is 0.276 e. The van der Waals surface area contributed by atoms with Gasteiger partial charge in [0.2, 0.25) is 0 Å². The number of aromatic nitrogens is 4. The topological polar surface area (TPSA) is 113 Å². The van der Waals surface area contributed by atoms with E-state index in [1.165, 1.54) is 35.1 Å². The van der Waals surface area contributed by atoms with Crippen LogP contribution in [0.15, 0.2) is 55.0 Å². The normalized spacial score (nSPS) is 18.7. The van der Waals surface area contributed by atoms with Gasteiger partial charge in [0.05, 0.1) is 23.8 Å². The number of nitrogens with one attached hydrogen (secondary N) is 3. The third-order valence-electron chi connectivity index (χ3n) is 7.69. The number of ketones is 1. The molecule has 0 saturated heterocycles. The lowest BCUT2D eigenvalue weighted by atomic mass is 9.82. The van der Waals surface area contributed by atoms with E-state index >= 15 is 0 Å². The van der Waals surface area contributed by atoms with Gasteiger partial charge in [0.1, 0.15) is 17.4 Å². The number of fused-ring (bicyclic) bond motifs is 1. The summed E-state index contributed by atoms with van der Waals surface area (Å²) in [7, 11) is 0. The Morgan fingerprint density at radius 3 is 2.37 bits per heavy atom. The number of hydrogen-bond donors (Lipinski definition) is 3. The summed E-state index contributed by atoms with van der Waals surface area (Å²) in [6, 6.07) is 9.94. The Labute approximate surface area is 235 Å². The minimum absolute atomic E-state index is 0.0264. The minimum atomic E-state index is -0.631. The molecule has 1 amide bonds. The molecule has 2 aliphatic carbocycles. The van der Waals surface area contributed by atoms with Crippen LogP contribution in [-0.4, -0.2) is 43.4 Å². The second kappa shape index (κ2) is 11.6. The number of halogens is 2. The zero-order valence-electron chi connectivity index (χ0n) is 22.4. The van der Waals surface area contributed by atoms with Crippen LogP contribution in [0.4, 0.5) is 26.0 Å². The average Bonchev–Trinajstić information content (AvgIpc) is 3.67. The molecule has 212 valence electrons. The van der Waals surface area contributed by atoms with E-state index in [1.807, 2.05) is 6.07 Å². The van der Waals surface area contributed by atoms with Crippen molar-refractivity contribution in [2.45, 2.75) is 63.5 Å². The first-order valence-corrected chi connectivity index (χ1v) is 14.0. The molecular formula is C30H31F2N7O2. The zero-order chi connectivity index (χ0) is 28.3. The van der Waals surface area contributed by atoms with Crippen LogP contribution in [0.25, 0.3) is 5.65 Å². The standard InChI is InChI=1S/C30H31F2N7O2/c31-20-5-1-18(2-6-20)13-23(40)14-19-3-7-22(8-4-19)36-28-15-26(35-21-9-10-21)29-34-17-27(39(29)38-28)30(41)37-25-11-12-33-16-24(25)32/h1-2,5-6,11-12,15-17,19,21-22,35H,3-4,7-10,13-14H2,(H,36,38)(H,33,37,41). The van der Waals surface area contributed by atoms with Crippen molar-refractivity contribution in [3.63, 3.8) is 0 Å². The molecule has 4 aromatic rings. The van der Waals surface area contributed by atoms with E-state index in [0.717, 1.165) is 56.0 Å². The van der Waals surface area contributed by atoms with E-state index in [2.05, 4.69) is 31.0 Å². The number of benzene rings is 1. The van der Waals surface area contributed by atoms with Crippen LogP contribution in [0, 0.1) is 17.6 Å². The summed E-state index contributed by atoms with van der Waals surface area (Å²) in [5.74, 6) is -0.360. The number of amides is 1. The van der Waals surface area contributed by atoms with Gasteiger partial charge in [0, 0.05) is 37.2 Å². The van der Waals surface area contributed by atoms with Crippen LogP contribution in [0.2, 0.25) is 0 Å². The summed E-state index contributed by atoms with van der Waals surface area (Å²) in [6.07, 6.45) is 10.5. The Morgan fingerprint density at radius 2 is 1.63 bits per heavy atom. The highest BCUT2D eigenvalue weighted by atomic mass is 19.1. The molecule has 11 heteroatoms. The van der Waals surface area contributed by atoms with Crippen molar-refractivity contribution in [2.24, 2.45) is 5.92 Å². The second-order valence-corrected chi connectivity index (χ2v) is 11.0. The van der Waals surface area contributed by atoms with E-state index in [4.69, 9.17) is 0 Å². The summed E-state index contributed by atoms with van der Waals surface area (Å²) < 4.78 is 28.7. The number of hydrogen-bond acceptors (Lipinski definition) is 7. The fourth-order valence-electron chi connectivity index (χ4n) is 5.35. The van der Waals surface area contributed by atoms with Gasteiger partial charge in [-0.2, -0.15) is 0 Å². The lowest BCUT2D eigenvalue weighted by molar-refractivity contribution is -0.119. The first-order valence-electron chi connectivity index (χ1n) is 14.0. The van der Waals surface area contributed by atoms with Gasteiger partial charge in [-0.3, -0.25) is 14.6 Å². The van der Waals surface area contributed by atoms with Gasteiger partial charge < -0.3 is 16.0 Å². The lowest BCUT2D eigenvalue weighted by Crippen LogP contribution is -2.28. The van der Waals surface area contributed by atoms with Gasteiger partial charge in [0.15, 0.2) is 17.2 Å². The molecule has 2 saturated carbocycles. The molecule has 2 fully saturated rings. The Morgan fingerprint density at radius 1 is 0.902 bits per heavy atom. The number of anilines is 3. The van der Waals surface area contributed by atoms with Crippen molar-refractivity contribution in [3.8, 4) is 0 Å². The van der Waals surface area contributed by atoms with Crippen LogP contribution in [0.5, 0.6) is 0 Å². The van der Waals surface area contributed by atoms with Gasteiger partial charge >= 0.3 is 0 Å². The van der Waals surface area contributed by atoms with E-state index in [-0.39, 0.29) is 29.0 Å². The van der Waals surface area contributed by atoms with E-state index < -0.39 is 11.7 Å². The fourth-order valence-corrected chi connectivity index (χ4v) is 5.35. The number of imidazole rings is 1. The van der Waals surface area contributed by atoms with E-state index in [0.29, 0.717) is 36.3 Å². The largest absolute Gasteiger partial charge is 0.379 e. The van der Waals surface area contributed by atoms with Crippen molar-refractivity contribution >= 4 is 34.5 Å². The fraction of sp³-hybridized carbons (Fsp3) is 0.367. The molecule has 9 nitrogen and oxygen atoms in total. The molecular weight excluding hydrogens is 528 g/mol. The third-order valence-corrected chi connectivity index (χ3v) is 7.69. The van der Waals surface area contributed by atoms with Crippen LogP contribution >= 0.6 is 0 Å². The Hall–Kier alpha value is -4.41. The number of Topliss-reactive ketones (excluding diaryl/α,β-unsaturated/α-hetero) is 1. The Balaban J connectivity index is 1.12. The molecule has 2 aliphatic rings. The number of nitrogens with zero attached hydrogens (tertiary/aromatic N) is 4. The van der Waals surface area contributed by atoms with Gasteiger partial charge in [-0.15, -0.1) is 5.10 Å². The SMILES string of the molecule is O=C(Cc1ccc(F)cc1)CC1CCC(Nc2cc(NC3CC3)c3ncc(C(=O)Nc4ccncc4F)n3n2)CC1. The molecule has 3 N–H and O–H groups in total. The third kappa shape index (κ3) is 6.50. The minimum Gasteiger partial charge on any atom is -0.379 e. The molecule has 6 rings (SSSR count). The first-order chi connectivity index (χ1) is 19.9. The summed E-state index contributed by atoms with van der Waals surface area (Å²) in [5, 5.41) is 14.3. The van der Waals surface area contributed by atoms with Gasteiger partial charge in [-0.25, -0.2) is 18.3 Å². The maximum Gasteiger partial charge on any atom is 0.276 e. The molecule has 0 atom stereocenters. The maximum atomic E-state index is 14.1. The van der Waals surface area contributed by atoms with E-state index in [1.54, 1.807) is 12.1 Å². The first kappa shape index (κ1) is 26.8. The highest BCUT2D eigenvalue weighted by Gasteiger charge is 2.26. The van der Waals surface area contributed by atoms with Gasteiger partial charge in [0.25, 0.3) is 5.91 Å². The second-order valence-electron chi connectivity index (χ2n) is 11.0. The van der Waals surface area contributed by atoms with Gasteiger partial charge in [-0.05, 0) is 68.2 Å². The van der Waals surface area contributed by atoms with Crippen molar-refractivity contribution in [2.75, 3.05) is 16.0 Å². The van der Waals surface area contributed by atoms with Crippen LogP contribution in [0.1, 0.15) is 61.0 Å². The summed E-state index contributed by atoms with van der Waals surface area (Å²) in [6.45, 7) is 0. The molecule has 0 unspecified atom stereocenters. The quantitative estimate of drug-likeness (QED) is 0.238. The molecule has 3 heterocycles. The molecule has 3 aromatic heterocycles. The number of pyridine rings is 1. The van der Waals surface area contributed by atoms with Crippen LogP contribution < -0.4 is 16.0 Å². The van der Waals surface area contributed by atoms with Crippen molar-refractivity contribution in [1.82, 2.24) is 19.6 Å². The Kier molecular flexibility index (Phi) is 7.58. The van der Waals surface area contributed by atoms with Crippen molar-refractivity contribution in [1.29, 1.82) is 0 Å². The molecule has 1 aromatic carbocycles. The van der Waals surface area contributed by atoms with Gasteiger partial charge in [-0.1, -0.05) is 12.1 Å². The summed E-state index contributed by atoms with van der Waals surface area (Å²) >= 11 is 0. The van der Waals surface area contributed by atoms with Crippen LogP contribution in [-0.2, 0) is 11.2 Å². The molecule has 0 bridgehead atoms. The highest BCUT2D eigenvalue weighted by Crippen LogP contribution is 2.32. The lowest BCUT2D eigenvalue weighted by Gasteiger charge is -2.29. The average molecular weight is 560 g/mol. The van der Waals surface area contributed by atoms with Crippen molar-refractivity contribution in [3.05, 3.63) is 77.9 Å². The number of rotatable bonds is 10. The maximum absolute atomic E-state index is 14.1.